The van der Waals surface area contributed by atoms with Crippen molar-refractivity contribution in [3.63, 3.8) is 0 Å². The van der Waals surface area contributed by atoms with E-state index < -0.39 is 48.6 Å². The van der Waals surface area contributed by atoms with Crippen LogP contribution in [0.3, 0.4) is 0 Å². The van der Waals surface area contributed by atoms with Crippen LogP contribution in [-0.4, -0.2) is 57.7 Å². The quantitative estimate of drug-likeness (QED) is 0.452. The molecule has 2 atom stereocenters. The Balaban J connectivity index is 1.52. The van der Waals surface area contributed by atoms with Gasteiger partial charge in [-0.1, -0.05) is 18.2 Å². The van der Waals surface area contributed by atoms with Crippen molar-refractivity contribution in [3.8, 4) is 0 Å². The first-order valence-electron chi connectivity index (χ1n) is 10.7. The van der Waals surface area contributed by atoms with E-state index in [9.17, 15) is 31.1 Å². The number of urea groups is 1. The average molecular weight is 523 g/mol. The van der Waals surface area contributed by atoms with E-state index in [1.165, 1.54) is 17.0 Å². The fourth-order valence-corrected chi connectivity index (χ4v) is 4.36. The number of nitrogens with one attached hydrogen (secondary N) is 2. The summed E-state index contributed by atoms with van der Waals surface area (Å²) in [5, 5.41) is 5.14. The molecule has 7 nitrogen and oxygen atoms in total. The monoisotopic (exact) mass is 522 g/mol. The fourth-order valence-electron chi connectivity index (χ4n) is 4.18. The van der Waals surface area contributed by atoms with Gasteiger partial charge in [0.15, 0.2) is 0 Å². The highest BCUT2D eigenvalue weighted by Crippen LogP contribution is 2.33. The zero-order chi connectivity index (χ0) is 25.5. The van der Waals surface area contributed by atoms with E-state index in [2.05, 4.69) is 20.6 Å². The van der Waals surface area contributed by atoms with Gasteiger partial charge in [0.1, 0.15) is 17.7 Å². The van der Waals surface area contributed by atoms with Crippen molar-refractivity contribution >= 4 is 23.4 Å². The highest BCUT2D eigenvalue weighted by atomic mass is 35.5. The number of hydrogen-bond donors (Lipinski definition) is 2. The second-order valence-corrected chi connectivity index (χ2v) is 8.65. The van der Waals surface area contributed by atoms with Crippen LogP contribution >= 0.6 is 11.6 Å². The number of piperazine rings is 1. The van der Waals surface area contributed by atoms with Crippen molar-refractivity contribution < 1.29 is 31.1 Å². The highest BCUT2D eigenvalue weighted by Gasteiger charge is 2.44. The smallest absolute Gasteiger partial charge is 0.363 e. The first-order valence-corrected chi connectivity index (χ1v) is 11.1. The van der Waals surface area contributed by atoms with Crippen LogP contribution in [0.25, 0.3) is 0 Å². The van der Waals surface area contributed by atoms with E-state index in [0.717, 1.165) is 11.0 Å². The predicted molar refractivity (Wildman–Crippen MR) is 114 cm³/mol. The number of benzene rings is 1. The van der Waals surface area contributed by atoms with Crippen molar-refractivity contribution in [2.75, 3.05) is 25.0 Å². The number of halogens is 7. The number of anilines is 1. The molecule has 1 fully saturated rings. The van der Waals surface area contributed by atoms with Crippen LogP contribution in [0.2, 0.25) is 5.28 Å². The van der Waals surface area contributed by atoms with Gasteiger partial charge in [-0.25, -0.2) is 27.9 Å². The lowest BCUT2D eigenvalue weighted by Crippen LogP contribution is -2.59. The Morgan fingerprint density at radius 1 is 1.20 bits per heavy atom. The molecule has 4 rings (SSSR count). The molecule has 14 heteroatoms. The van der Waals surface area contributed by atoms with E-state index in [-0.39, 0.29) is 42.8 Å². The molecule has 190 valence electrons. The second kappa shape index (κ2) is 9.69. The summed E-state index contributed by atoms with van der Waals surface area (Å²) in [7, 11) is 0. The topological polar surface area (TPSA) is 73.4 Å². The molecule has 2 aliphatic rings. The summed E-state index contributed by atoms with van der Waals surface area (Å²) in [6.45, 7) is 1.10. The van der Waals surface area contributed by atoms with Gasteiger partial charge in [0, 0.05) is 30.8 Å². The normalized spacial score (nSPS) is 19.2. The molecule has 2 aliphatic heterocycles. The zero-order valence-electron chi connectivity index (χ0n) is 18.3. The van der Waals surface area contributed by atoms with Gasteiger partial charge in [-0.3, -0.25) is 0 Å². The lowest BCUT2D eigenvalue weighted by molar-refractivity contribution is -0.162. The number of carbonyl (C=O) groups excluding carboxylic acids is 1. The van der Waals surface area contributed by atoms with Crippen LogP contribution in [0.15, 0.2) is 18.2 Å². The molecule has 1 saturated heterocycles. The molecule has 0 bridgehead atoms. The first kappa shape index (κ1) is 25.3. The molecule has 0 radical (unpaired) electrons. The van der Waals surface area contributed by atoms with Crippen molar-refractivity contribution in [2.45, 2.75) is 44.7 Å². The number of nitrogens with zero attached hydrogens (tertiary/aromatic N) is 4. The number of fused-ring (bicyclic) bond motifs is 1. The van der Waals surface area contributed by atoms with Crippen molar-refractivity contribution in [1.29, 1.82) is 0 Å². The minimum absolute atomic E-state index is 0.00406. The number of rotatable bonds is 4. The third-order valence-corrected chi connectivity index (χ3v) is 6.15. The van der Waals surface area contributed by atoms with Crippen LogP contribution < -0.4 is 10.6 Å². The molecule has 2 amide bonds. The minimum Gasteiger partial charge on any atom is -0.363 e. The maximum atomic E-state index is 14.6. The van der Waals surface area contributed by atoms with Gasteiger partial charge in [0.2, 0.25) is 5.28 Å². The molecule has 1 aromatic heterocycles. The van der Waals surface area contributed by atoms with Gasteiger partial charge in [0.05, 0.1) is 30.4 Å². The lowest BCUT2D eigenvalue weighted by atomic mass is 10.0. The molecule has 2 N–H and O–H groups in total. The van der Waals surface area contributed by atoms with Crippen LogP contribution in [0.4, 0.5) is 37.0 Å². The van der Waals surface area contributed by atoms with Crippen molar-refractivity contribution in [1.82, 2.24) is 25.1 Å². The van der Waals surface area contributed by atoms with Gasteiger partial charge in [-0.15, -0.1) is 0 Å². The lowest BCUT2D eigenvalue weighted by Gasteiger charge is -2.36. The summed E-state index contributed by atoms with van der Waals surface area (Å²) in [6.07, 6.45) is -7.47. The largest absolute Gasteiger partial charge is 0.405 e. The van der Waals surface area contributed by atoms with Crippen molar-refractivity contribution in [3.05, 3.63) is 51.7 Å². The molecule has 35 heavy (non-hydrogen) atoms. The maximum Gasteiger partial charge on any atom is 0.405 e. The van der Waals surface area contributed by atoms with E-state index in [0.29, 0.717) is 11.3 Å². The number of alkyl halides is 5. The average Bonchev–Trinajstić information content (AvgIpc) is 3.22. The van der Waals surface area contributed by atoms with Crippen molar-refractivity contribution in [2.24, 2.45) is 0 Å². The number of carbonyl (C=O) groups is 1. The second-order valence-electron chi connectivity index (χ2n) is 8.32. The fraction of sp³-hybridized carbons (Fsp3) is 0.476. The summed E-state index contributed by atoms with van der Waals surface area (Å²) in [5.41, 5.74) is 0.100. The summed E-state index contributed by atoms with van der Waals surface area (Å²) >= 11 is 6.02. The number of hydrogen-bond acceptors (Lipinski definition) is 5. The van der Waals surface area contributed by atoms with Gasteiger partial charge in [-0.2, -0.15) is 13.2 Å². The summed E-state index contributed by atoms with van der Waals surface area (Å²) in [4.78, 5) is 23.6. The summed E-state index contributed by atoms with van der Waals surface area (Å²) < 4.78 is 80.1. The van der Waals surface area contributed by atoms with E-state index in [1.807, 2.05) is 0 Å². The van der Waals surface area contributed by atoms with E-state index >= 15 is 0 Å². The Bertz CT molecular complexity index is 1120. The highest BCUT2D eigenvalue weighted by molar-refractivity contribution is 6.28. The van der Waals surface area contributed by atoms with E-state index in [4.69, 9.17) is 11.6 Å². The van der Waals surface area contributed by atoms with Crippen LogP contribution in [0, 0.1) is 5.82 Å². The van der Waals surface area contributed by atoms with E-state index in [1.54, 1.807) is 6.92 Å². The Morgan fingerprint density at radius 2 is 1.91 bits per heavy atom. The molecule has 1 unspecified atom stereocenters. The molecule has 0 saturated carbocycles. The number of amides is 2. The zero-order valence-corrected chi connectivity index (χ0v) is 19.1. The molecule has 2 aromatic rings. The maximum absolute atomic E-state index is 14.6. The number of aromatic nitrogens is 2. The molecule has 3 heterocycles. The third kappa shape index (κ3) is 5.25. The summed E-state index contributed by atoms with van der Waals surface area (Å²) in [6, 6.07) is 0.463. The van der Waals surface area contributed by atoms with Gasteiger partial charge >= 0.3 is 12.2 Å². The Labute approximate surface area is 201 Å². The Hall–Kier alpha value is -2.80. The molecular formula is C21H21ClF6N6O. The van der Waals surface area contributed by atoms with Crippen LogP contribution in [0.5, 0.6) is 0 Å². The molecule has 1 aromatic carbocycles. The van der Waals surface area contributed by atoms with Crippen LogP contribution in [0.1, 0.15) is 41.8 Å². The standard InChI is InChI=1S/C21H21ClF6N6O/c1-10(11-3-2-4-12(16(11)23)17(24)25)30-18-13-7-34(8-14(13)31-19(22)32-18)20(35)33-6-5-29-15(9-33)21(26,27)28/h2-4,10,15,17,29H,5-9H2,1H3,(H,30,31,32)/t10-,15?/m1/s1. The third-order valence-electron chi connectivity index (χ3n) is 5.98. The molecule has 0 spiro atoms. The minimum atomic E-state index is -4.49. The Morgan fingerprint density at radius 3 is 2.60 bits per heavy atom. The first-order chi connectivity index (χ1) is 16.5. The summed E-state index contributed by atoms with van der Waals surface area (Å²) in [5.74, 6) is -0.868. The van der Waals surface area contributed by atoms with Crippen LogP contribution in [-0.2, 0) is 13.1 Å². The molecular weight excluding hydrogens is 502 g/mol. The molecule has 0 aliphatic carbocycles. The SMILES string of the molecule is C[C@@H](Nc1nc(Cl)nc2c1CN(C(=O)N1CCNC(C(F)(F)F)C1)C2)c1cccc(C(F)F)c1F. The predicted octanol–water partition coefficient (Wildman–Crippen LogP) is 4.65. The Kier molecular flexibility index (Phi) is 7.00. The van der Waals surface area contributed by atoms with Gasteiger partial charge < -0.3 is 20.4 Å². The van der Waals surface area contributed by atoms with Gasteiger partial charge in [-0.05, 0) is 18.5 Å². The van der Waals surface area contributed by atoms with Gasteiger partial charge in [0.25, 0.3) is 6.43 Å².